The molecule has 2 aromatic rings. The standard InChI is InChI=1S/C18H22N4O3S/c1-11-15(16(23)20-12-7-3-4-8-12)26-18(19-11)22-17(24)21-13-9-5-6-10-14(13)25-2/h5-6,9-10,12H,3-4,7-8H2,1-2H3,(H,20,23)(H2,19,21,22,24). The number of hydrogen-bond donors (Lipinski definition) is 3. The topological polar surface area (TPSA) is 92.3 Å². The van der Waals surface area contributed by atoms with Crippen LogP contribution in [0.1, 0.15) is 41.0 Å². The average molecular weight is 374 g/mol. The maximum Gasteiger partial charge on any atom is 0.325 e. The lowest BCUT2D eigenvalue weighted by molar-refractivity contribution is 0.0941. The number of nitrogens with zero attached hydrogens (tertiary/aromatic N) is 1. The van der Waals surface area contributed by atoms with Crippen molar-refractivity contribution in [2.24, 2.45) is 0 Å². The molecule has 1 aromatic heterocycles. The summed E-state index contributed by atoms with van der Waals surface area (Å²) in [5.41, 5.74) is 1.16. The number of thiazole rings is 1. The number of aromatic nitrogens is 1. The first-order valence-electron chi connectivity index (χ1n) is 8.56. The molecule has 26 heavy (non-hydrogen) atoms. The maximum atomic E-state index is 12.4. The van der Waals surface area contributed by atoms with Crippen molar-refractivity contribution in [2.45, 2.75) is 38.6 Å². The molecular formula is C18H22N4O3S. The Labute approximate surface area is 156 Å². The number of benzene rings is 1. The Balaban J connectivity index is 1.63. The molecule has 0 unspecified atom stereocenters. The number of carbonyl (C=O) groups excluding carboxylic acids is 2. The van der Waals surface area contributed by atoms with E-state index in [9.17, 15) is 9.59 Å². The third kappa shape index (κ3) is 4.32. The number of ether oxygens (including phenoxy) is 1. The summed E-state index contributed by atoms with van der Waals surface area (Å²) in [4.78, 5) is 29.4. The molecule has 1 heterocycles. The van der Waals surface area contributed by atoms with E-state index in [1.54, 1.807) is 25.1 Å². The van der Waals surface area contributed by atoms with E-state index in [1.807, 2.05) is 6.07 Å². The zero-order valence-electron chi connectivity index (χ0n) is 14.8. The Kier molecular flexibility index (Phi) is 5.72. The highest BCUT2D eigenvalue weighted by molar-refractivity contribution is 7.17. The molecule has 3 N–H and O–H groups in total. The molecule has 0 atom stereocenters. The van der Waals surface area contributed by atoms with Crippen LogP contribution >= 0.6 is 11.3 Å². The highest BCUT2D eigenvalue weighted by Crippen LogP contribution is 2.26. The number of nitrogens with one attached hydrogen (secondary N) is 3. The lowest BCUT2D eigenvalue weighted by Crippen LogP contribution is -2.32. The van der Waals surface area contributed by atoms with E-state index in [0.29, 0.717) is 27.1 Å². The Morgan fingerprint density at radius 2 is 1.92 bits per heavy atom. The van der Waals surface area contributed by atoms with Crippen molar-refractivity contribution in [3.05, 3.63) is 34.8 Å². The molecule has 3 rings (SSSR count). The van der Waals surface area contributed by atoms with E-state index >= 15 is 0 Å². The van der Waals surface area contributed by atoms with Gasteiger partial charge in [-0.1, -0.05) is 36.3 Å². The fourth-order valence-electron chi connectivity index (χ4n) is 2.98. The number of amides is 3. The second-order valence-electron chi connectivity index (χ2n) is 6.17. The van der Waals surface area contributed by atoms with Gasteiger partial charge in [0.15, 0.2) is 5.13 Å². The average Bonchev–Trinajstić information content (AvgIpc) is 3.24. The number of carbonyl (C=O) groups is 2. The molecule has 7 nitrogen and oxygen atoms in total. The summed E-state index contributed by atoms with van der Waals surface area (Å²) in [5.74, 6) is 0.444. The summed E-state index contributed by atoms with van der Waals surface area (Å²) in [5, 5.41) is 8.82. The zero-order valence-corrected chi connectivity index (χ0v) is 15.6. The van der Waals surface area contributed by atoms with Gasteiger partial charge in [0, 0.05) is 6.04 Å². The predicted molar refractivity (Wildman–Crippen MR) is 102 cm³/mol. The molecule has 0 radical (unpaired) electrons. The smallest absolute Gasteiger partial charge is 0.325 e. The van der Waals surface area contributed by atoms with Crippen molar-refractivity contribution >= 4 is 34.1 Å². The number of methoxy groups -OCH3 is 1. The number of aryl methyl sites for hydroxylation is 1. The molecule has 138 valence electrons. The van der Waals surface area contributed by atoms with Gasteiger partial charge in [-0.25, -0.2) is 9.78 Å². The van der Waals surface area contributed by atoms with Crippen molar-refractivity contribution in [2.75, 3.05) is 17.7 Å². The van der Waals surface area contributed by atoms with Gasteiger partial charge < -0.3 is 15.4 Å². The first kappa shape index (κ1) is 18.2. The van der Waals surface area contributed by atoms with Crippen molar-refractivity contribution in [1.82, 2.24) is 10.3 Å². The van der Waals surface area contributed by atoms with E-state index in [1.165, 1.54) is 18.4 Å². The van der Waals surface area contributed by atoms with Gasteiger partial charge in [-0.2, -0.15) is 0 Å². The van der Waals surface area contributed by atoms with Crippen LogP contribution in [0.3, 0.4) is 0 Å². The Bertz CT molecular complexity index is 799. The lowest BCUT2D eigenvalue weighted by atomic mass is 10.2. The quantitative estimate of drug-likeness (QED) is 0.743. The largest absolute Gasteiger partial charge is 0.495 e. The first-order valence-corrected chi connectivity index (χ1v) is 9.38. The van der Waals surface area contributed by atoms with Gasteiger partial charge in [0.05, 0.1) is 18.5 Å². The summed E-state index contributed by atoms with van der Waals surface area (Å²) >= 11 is 1.17. The van der Waals surface area contributed by atoms with Crippen LogP contribution < -0.4 is 20.7 Å². The van der Waals surface area contributed by atoms with Crippen LogP contribution in [-0.2, 0) is 0 Å². The maximum absolute atomic E-state index is 12.4. The van der Waals surface area contributed by atoms with Crippen molar-refractivity contribution in [1.29, 1.82) is 0 Å². The SMILES string of the molecule is COc1ccccc1NC(=O)Nc1nc(C)c(C(=O)NC2CCCC2)s1. The zero-order chi connectivity index (χ0) is 18.5. The summed E-state index contributed by atoms with van der Waals surface area (Å²) in [7, 11) is 1.54. The fraction of sp³-hybridized carbons (Fsp3) is 0.389. The van der Waals surface area contributed by atoms with Crippen molar-refractivity contribution < 1.29 is 14.3 Å². The molecule has 1 saturated carbocycles. The monoisotopic (exact) mass is 374 g/mol. The molecule has 1 aromatic carbocycles. The van der Waals surface area contributed by atoms with Gasteiger partial charge in [0.25, 0.3) is 5.91 Å². The number of para-hydroxylation sites is 2. The van der Waals surface area contributed by atoms with Gasteiger partial charge in [-0.15, -0.1) is 0 Å². The predicted octanol–water partition coefficient (Wildman–Crippen LogP) is 3.78. The van der Waals surface area contributed by atoms with Gasteiger partial charge in [-0.3, -0.25) is 10.1 Å². The molecule has 3 amide bonds. The van der Waals surface area contributed by atoms with E-state index in [-0.39, 0.29) is 11.9 Å². The highest BCUT2D eigenvalue weighted by Gasteiger charge is 2.22. The number of urea groups is 1. The van der Waals surface area contributed by atoms with Crippen LogP contribution in [0.25, 0.3) is 0 Å². The summed E-state index contributed by atoms with van der Waals surface area (Å²) in [6.07, 6.45) is 4.36. The minimum Gasteiger partial charge on any atom is -0.495 e. The molecule has 0 spiro atoms. The summed E-state index contributed by atoms with van der Waals surface area (Å²) in [6, 6.07) is 6.93. The first-order chi connectivity index (χ1) is 12.6. The summed E-state index contributed by atoms with van der Waals surface area (Å²) in [6.45, 7) is 1.77. The molecule has 0 saturated heterocycles. The third-order valence-corrected chi connectivity index (χ3v) is 5.34. The molecule has 8 heteroatoms. The van der Waals surface area contributed by atoms with Gasteiger partial charge in [0.1, 0.15) is 10.6 Å². The molecule has 1 aliphatic rings. The van der Waals surface area contributed by atoms with Gasteiger partial charge in [0.2, 0.25) is 0 Å². The van der Waals surface area contributed by atoms with Crippen molar-refractivity contribution in [3.63, 3.8) is 0 Å². The molecule has 0 aliphatic heterocycles. The Morgan fingerprint density at radius 3 is 2.65 bits per heavy atom. The van der Waals surface area contributed by atoms with Crippen LogP contribution in [0, 0.1) is 6.92 Å². The number of anilines is 2. The minimum absolute atomic E-state index is 0.120. The van der Waals surface area contributed by atoms with Gasteiger partial charge >= 0.3 is 6.03 Å². The second-order valence-corrected chi connectivity index (χ2v) is 7.17. The Hall–Kier alpha value is -2.61. The summed E-state index contributed by atoms with van der Waals surface area (Å²) < 4.78 is 5.21. The van der Waals surface area contributed by atoms with Crippen LogP contribution in [0.15, 0.2) is 24.3 Å². The van der Waals surface area contributed by atoms with E-state index in [0.717, 1.165) is 25.7 Å². The number of rotatable bonds is 5. The third-order valence-electron chi connectivity index (χ3n) is 4.27. The van der Waals surface area contributed by atoms with E-state index in [2.05, 4.69) is 20.9 Å². The highest BCUT2D eigenvalue weighted by atomic mass is 32.1. The fourth-order valence-corrected chi connectivity index (χ4v) is 3.84. The lowest BCUT2D eigenvalue weighted by Gasteiger charge is -2.10. The molecular weight excluding hydrogens is 352 g/mol. The molecule has 0 bridgehead atoms. The van der Waals surface area contributed by atoms with Gasteiger partial charge in [-0.05, 0) is 31.9 Å². The molecule has 1 fully saturated rings. The van der Waals surface area contributed by atoms with E-state index < -0.39 is 6.03 Å². The second kappa shape index (κ2) is 8.18. The van der Waals surface area contributed by atoms with Crippen LogP contribution in [0.2, 0.25) is 0 Å². The number of hydrogen-bond acceptors (Lipinski definition) is 5. The normalized spacial score (nSPS) is 14.1. The Morgan fingerprint density at radius 1 is 1.19 bits per heavy atom. The molecule has 1 aliphatic carbocycles. The van der Waals surface area contributed by atoms with Crippen LogP contribution in [0.5, 0.6) is 5.75 Å². The van der Waals surface area contributed by atoms with Crippen molar-refractivity contribution in [3.8, 4) is 5.75 Å². The van der Waals surface area contributed by atoms with E-state index in [4.69, 9.17) is 4.74 Å². The minimum atomic E-state index is -0.439. The van der Waals surface area contributed by atoms with Crippen LogP contribution in [0.4, 0.5) is 15.6 Å². The van der Waals surface area contributed by atoms with Crippen LogP contribution in [-0.4, -0.2) is 30.1 Å².